The number of sulfonamides is 1. The average molecular weight is 290 g/mol. The van der Waals surface area contributed by atoms with Crippen molar-refractivity contribution in [3.8, 4) is 0 Å². The fourth-order valence-electron chi connectivity index (χ4n) is 2.72. The maximum atomic E-state index is 12.3. The van der Waals surface area contributed by atoms with E-state index in [4.69, 9.17) is 4.74 Å². The highest BCUT2D eigenvalue weighted by atomic mass is 32.2. The smallest absolute Gasteiger partial charge is 0.241 e. The molecule has 1 unspecified atom stereocenters. The molecule has 2 rings (SSSR count). The van der Waals surface area contributed by atoms with Crippen LogP contribution in [0.5, 0.6) is 0 Å². The molecule has 0 aliphatic carbocycles. The monoisotopic (exact) mass is 290 g/mol. The number of ether oxygens (including phenoxy) is 1. The molecular weight excluding hydrogens is 268 g/mol. The molecule has 0 N–H and O–H groups in total. The van der Waals surface area contributed by atoms with Gasteiger partial charge in [-0.2, -0.15) is 0 Å². The van der Waals surface area contributed by atoms with Crippen molar-refractivity contribution in [2.24, 2.45) is 5.41 Å². The van der Waals surface area contributed by atoms with Crippen LogP contribution in [-0.4, -0.2) is 69.2 Å². The largest absolute Gasteiger partial charge is 0.381 e. The summed E-state index contributed by atoms with van der Waals surface area (Å²) in [5.41, 5.74) is 0.0895. The molecule has 0 radical (unpaired) electrons. The molecule has 2 saturated heterocycles. The quantitative estimate of drug-likeness (QED) is 0.728. The van der Waals surface area contributed by atoms with Gasteiger partial charge in [0.25, 0.3) is 0 Å². The van der Waals surface area contributed by atoms with Gasteiger partial charge in [0.15, 0.2) is 5.25 Å². The Kier molecular flexibility index (Phi) is 3.90. The Balaban J connectivity index is 2.01. The maximum absolute atomic E-state index is 12.3. The first-order valence-electron chi connectivity index (χ1n) is 6.56. The molecule has 2 fully saturated rings. The molecule has 0 aromatic carbocycles. The lowest BCUT2D eigenvalue weighted by Crippen LogP contribution is -2.62. The highest BCUT2D eigenvalue weighted by Crippen LogP contribution is 2.41. The molecule has 1 atom stereocenters. The Morgan fingerprint density at radius 1 is 1.26 bits per heavy atom. The first-order chi connectivity index (χ1) is 8.78. The molecule has 1 spiro atoms. The van der Waals surface area contributed by atoms with Crippen LogP contribution in [-0.2, 0) is 19.6 Å². The van der Waals surface area contributed by atoms with Crippen LogP contribution in [0.4, 0.5) is 0 Å². The molecule has 1 amide bonds. The van der Waals surface area contributed by atoms with Gasteiger partial charge < -0.3 is 9.64 Å². The van der Waals surface area contributed by atoms with E-state index in [2.05, 4.69) is 0 Å². The third kappa shape index (κ3) is 2.64. The van der Waals surface area contributed by atoms with Crippen LogP contribution >= 0.6 is 0 Å². The van der Waals surface area contributed by atoms with Gasteiger partial charge in [0, 0.05) is 45.8 Å². The second kappa shape index (κ2) is 5.03. The Morgan fingerprint density at radius 2 is 1.79 bits per heavy atom. The summed E-state index contributed by atoms with van der Waals surface area (Å²) in [7, 11) is -0.373. The molecule has 0 bridgehead atoms. The van der Waals surface area contributed by atoms with Crippen LogP contribution in [0.25, 0.3) is 0 Å². The molecule has 2 aliphatic rings. The van der Waals surface area contributed by atoms with Gasteiger partial charge in [0.1, 0.15) is 0 Å². The van der Waals surface area contributed by atoms with E-state index in [-0.39, 0.29) is 11.3 Å². The molecule has 0 saturated carbocycles. The van der Waals surface area contributed by atoms with Gasteiger partial charge in [0.2, 0.25) is 15.9 Å². The van der Waals surface area contributed by atoms with Gasteiger partial charge >= 0.3 is 0 Å². The van der Waals surface area contributed by atoms with Crippen LogP contribution in [0.3, 0.4) is 0 Å². The van der Waals surface area contributed by atoms with E-state index in [0.717, 1.165) is 12.8 Å². The molecule has 0 aromatic heterocycles. The van der Waals surface area contributed by atoms with Crippen LogP contribution in [0.15, 0.2) is 0 Å². The predicted molar refractivity (Wildman–Crippen MR) is 71.1 cm³/mol. The van der Waals surface area contributed by atoms with E-state index in [0.29, 0.717) is 26.3 Å². The van der Waals surface area contributed by atoms with Crippen LogP contribution in [0.1, 0.15) is 19.8 Å². The minimum Gasteiger partial charge on any atom is -0.381 e. The molecule has 110 valence electrons. The van der Waals surface area contributed by atoms with Crippen LogP contribution < -0.4 is 0 Å². The predicted octanol–water partition coefficient (Wildman–Crippen LogP) is -0.0947. The van der Waals surface area contributed by atoms with E-state index >= 15 is 0 Å². The Bertz CT molecular complexity index is 446. The summed E-state index contributed by atoms with van der Waals surface area (Å²) in [6.07, 6.45) is 1.82. The topological polar surface area (TPSA) is 66.9 Å². The average Bonchev–Trinajstić information content (AvgIpc) is 2.34. The van der Waals surface area contributed by atoms with Crippen molar-refractivity contribution in [1.29, 1.82) is 0 Å². The summed E-state index contributed by atoms with van der Waals surface area (Å²) >= 11 is 0. The zero-order valence-corrected chi connectivity index (χ0v) is 12.6. The van der Waals surface area contributed by atoms with Crippen LogP contribution in [0, 0.1) is 5.41 Å². The summed E-state index contributed by atoms with van der Waals surface area (Å²) in [5.74, 6) is -0.368. The summed E-state index contributed by atoms with van der Waals surface area (Å²) in [6, 6.07) is 0. The van der Waals surface area contributed by atoms with Gasteiger partial charge in [-0.3, -0.25) is 4.79 Å². The third-order valence-corrected chi connectivity index (χ3v) is 6.25. The summed E-state index contributed by atoms with van der Waals surface area (Å²) in [5, 5.41) is -1.00. The van der Waals surface area contributed by atoms with Crippen molar-refractivity contribution in [3.05, 3.63) is 0 Å². The fraction of sp³-hybridized carbons (Fsp3) is 0.917. The highest BCUT2D eigenvalue weighted by Gasteiger charge is 2.50. The lowest BCUT2D eigenvalue weighted by Gasteiger charge is -2.51. The first-order valence-corrected chi connectivity index (χ1v) is 8.07. The van der Waals surface area contributed by atoms with Gasteiger partial charge in [-0.05, 0) is 19.8 Å². The van der Waals surface area contributed by atoms with Gasteiger partial charge in [-0.15, -0.1) is 0 Å². The van der Waals surface area contributed by atoms with E-state index in [1.165, 1.54) is 16.1 Å². The highest BCUT2D eigenvalue weighted by molar-refractivity contribution is 7.90. The molecule has 2 heterocycles. The number of amides is 1. The summed E-state index contributed by atoms with van der Waals surface area (Å²) in [6.45, 7) is 3.94. The molecule has 19 heavy (non-hydrogen) atoms. The molecule has 6 nitrogen and oxygen atoms in total. The van der Waals surface area contributed by atoms with Crippen molar-refractivity contribution in [2.45, 2.75) is 25.0 Å². The van der Waals surface area contributed by atoms with E-state index in [1.54, 1.807) is 14.1 Å². The van der Waals surface area contributed by atoms with Crippen molar-refractivity contribution in [1.82, 2.24) is 9.21 Å². The normalized spacial score (nSPS) is 24.8. The number of rotatable bonds is 3. The van der Waals surface area contributed by atoms with Gasteiger partial charge in [-0.1, -0.05) is 0 Å². The Labute approximate surface area is 114 Å². The second-order valence-corrected chi connectivity index (χ2v) is 8.05. The second-order valence-electron chi connectivity index (χ2n) is 5.80. The summed E-state index contributed by atoms with van der Waals surface area (Å²) in [4.78, 5) is 13.1. The Morgan fingerprint density at radius 3 is 2.26 bits per heavy atom. The van der Waals surface area contributed by atoms with Crippen molar-refractivity contribution >= 4 is 15.9 Å². The van der Waals surface area contributed by atoms with E-state index in [9.17, 15) is 13.2 Å². The van der Waals surface area contributed by atoms with Crippen molar-refractivity contribution < 1.29 is 17.9 Å². The zero-order chi connectivity index (χ0) is 14.3. The number of hydrogen-bond donors (Lipinski definition) is 0. The number of carbonyl (C=O) groups excluding carboxylic acids is 1. The Hall–Kier alpha value is -0.660. The minimum atomic E-state index is -3.52. The van der Waals surface area contributed by atoms with Crippen molar-refractivity contribution in [3.63, 3.8) is 0 Å². The van der Waals surface area contributed by atoms with Gasteiger partial charge in [-0.25, -0.2) is 12.7 Å². The third-order valence-electron chi connectivity index (χ3n) is 4.17. The van der Waals surface area contributed by atoms with E-state index in [1.807, 2.05) is 0 Å². The van der Waals surface area contributed by atoms with E-state index < -0.39 is 15.3 Å². The van der Waals surface area contributed by atoms with Crippen molar-refractivity contribution in [2.75, 3.05) is 40.4 Å². The lowest BCUT2D eigenvalue weighted by atomic mass is 9.75. The number of carbonyl (C=O) groups is 1. The van der Waals surface area contributed by atoms with Gasteiger partial charge in [0.05, 0.1) is 0 Å². The number of nitrogens with zero attached hydrogens (tertiary/aromatic N) is 2. The SMILES string of the molecule is CC(C(=O)N(C)C)S(=O)(=O)N1CC2(CCOCC2)C1. The molecule has 2 aliphatic heterocycles. The summed E-state index contributed by atoms with van der Waals surface area (Å²) < 4.78 is 31.4. The first kappa shape index (κ1) is 14.7. The standard InChI is InChI=1S/C12H22N2O4S/c1-10(11(15)13(2)3)19(16,17)14-8-12(9-14)4-6-18-7-5-12/h10H,4-9H2,1-3H3. The minimum absolute atomic E-state index is 0.0895. The lowest BCUT2D eigenvalue weighted by molar-refractivity contribution is -0.128. The molecule has 7 heteroatoms. The fourth-order valence-corrected chi connectivity index (χ4v) is 4.54. The maximum Gasteiger partial charge on any atom is 0.241 e. The molecule has 0 aromatic rings. The zero-order valence-electron chi connectivity index (χ0n) is 11.8. The molecular formula is C12H22N2O4S. The number of hydrogen-bond acceptors (Lipinski definition) is 4. The van der Waals surface area contributed by atoms with Crippen LogP contribution in [0.2, 0.25) is 0 Å².